The zero-order valence-corrected chi connectivity index (χ0v) is 26.5. The number of halogens is 3. The monoisotopic (exact) mass is 682 g/mol. The number of para-hydroxylation sites is 3. The van der Waals surface area contributed by atoms with Crippen molar-refractivity contribution in [3.05, 3.63) is 66.0 Å². The molecule has 0 bridgehead atoms. The predicted molar refractivity (Wildman–Crippen MR) is 164 cm³/mol. The smallest absolute Gasteiger partial charge is 0.422 e. The van der Waals surface area contributed by atoms with Gasteiger partial charge in [-0.1, -0.05) is 18.2 Å². The molecular formula is C30H33F3N4O7S2. The van der Waals surface area contributed by atoms with Gasteiger partial charge in [0.05, 0.1) is 64.8 Å². The van der Waals surface area contributed by atoms with Crippen LogP contribution in [0, 0.1) is 6.92 Å². The molecule has 0 radical (unpaired) electrons. The van der Waals surface area contributed by atoms with Gasteiger partial charge in [-0.3, -0.25) is 18.7 Å². The van der Waals surface area contributed by atoms with Crippen LogP contribution >= 0.6 is 0 Å². The van der Waals surface area contributed by atoms with E-state index in [1.807, 2.05) is 0 Å². The molecule has 5 rings (SSSR count). The molecule has 3 heterocycles. The highest BCUT2D eigenvalue weighted by atomic mass is 32.2. The van der Waals surface area contributed by atoms with E-state index in [9.17, 15) is 26.1 Å². The van der Waals surface area contributed by atoms with Gasteiger partial charge in [0.1, 0.15) is 23.6 Å². The summed E-state index contributed by atoms with van der Waals surface area (Å²) in [7, 11) is -1.92. The molecule has 1 N–H and O–H groups in total. The lowest BCUT2D eigenvalue weighted by atomic mass is 10.2. The van der Waals surface area contributed by atoms with Crippen LogP contribution in [0.5, 0.6) is 11.5 Å². The molecule has 11 nitrogen and oxygen atoms in total. The third-order valence-electron chi connectivity index (χ3n) is 7.17. The van der Waals surface area contributed by atoms with Crippen LogP contribution in [0.1, 0.15) is 11.3 Å². The number of fused-ring (bicyclic) bond motifs is 1. The predicted octanol–water partition coefficient (Wildman–Crippen LogP) is 4.29. The van der Waals surface area contributed by atoms with Crippen molar-refractivity contribution < 1.29 is 45.1 Å². The molecule has 0 amide bonds. The lowest BCUT2D eigenvalue weighted by Gasteiger charge is -2.26. The van der Waals surface area contributed by atoms with Gasteiger partial charge in [0, 0.05) is 31.4 Å². The van der Waals surface area contributed by atoms with E-state index in [0.29, 0.717) is 48.9 Å². The first kappa shape index (κ1) is 33.9. The Morgan fingerprint density at radius 2 is 1.76 bits per heavy atom. The molecule has 0 aliphatic carbocycles. The fourth-order valence-electron chi connectivity index (χ4n) is 4.88. The number of imidazole rings is 1. The minimum atomic E-state index is -4.53. The lowest BCUT2D eigenvalue weighted by molar-refractivity contribution is -0.153. The van der Waals surface area contributed by atoms with Gasteiger partial charge < -0.3 is 23.5 Å². The van der Waals surface area contributed by atoms with Crippen LogP contribution in [0.2, 0.25) is 0 Å². The Morgan fingerprint density at radius 3 is 2.52 bits per heavy atom. The zero-order chi connectivity index (χ0) is 32.7. The highest BCUT2D eigenvalue weighted by molar-refractivity contribution is 7.84. The molecule has 1 aliphatic rings. The Balaban J connectivity index is 1.40. The van der Waals surface area contributed by atoms with Gasteiger partial charge in [-0.05, 0) is 37.3 Å². The highest BCUT2D eigenvalue weighted by Gasteiger charge is 2.29. The van der Waals surface area contributed by atoms with E-state index >= 15 is 0 Å². The standard InChI is InChI=1S/C30H33F3N4O7S2/c1-21-22(34-10-9-25(21)44-20-30(31,32)33)19-45(38)29-35-28-24(6-4-8-27(28)46(39)40)37(29)23-5-2-3-7-26(23)43-18-17-42-16-13-36-11-14-41-15-12-36/h2-10H,11-20H2,1H3,(H,39,40). The van der Waals surface area contributed by atoms with E-state index in [1.165, 1.54) is 25.3 Å². The summed E-state index contributed by atoms with van der Waals surface area (Å²) in [5.74, 6) is 0.191. The van der Waals surface area contributed by atoms with E-state index in [0.717, 1.165) is 19.6 Å². The van der Waals surface area contributed by atoms with Gasteiger partial charge in [0.2, 0.25) is 5.16 Å². The number of hydrogen-bond acceptors (Lipinski definition) is 9. The molecule has 1 fully saturated rings. The van der Waals surface area contributed by atoms with Gasteiger partial charge in [-0.15, -0.1) is 0 Å². The third kappa shape index (κ3) is 8.49. The number of rotatable bonds is 14. The van der Waals surface area contributed by atoms with Crippen molar-refractivity contribution in [3.8, 4) is 17.2 Å². The summed E-state index contributed by atoms with van der Waals surface area (Å²) in [6, 6.07) is 13.1. The van der Waals surface area contributed by atoms with Crippen molar-refractivity contribution in [2.24, 2.45) is 0 Å². The summed E-state index contributed by atoms with van der Waals surface area (Å²) >= 11 is -2.39. The maximum absolute atomic E-state index is 14.0. The minimum absolute atomic E-state index is 0.0263. The van der Waals surface area contributed by atoms with Gasteiger partial charge in [0.15, 0.2) is 17.7 Å². The molecule has 2 unspecified atom stereocenters. The largest absolute Gasteiger partial charge is 0.489 e. The number of nitrogens with zero attached hydrogens (tertiary/aromatic N) is 4. The third-order valence-corrected chi connectivity index (χ3v) is 9.10. The number of ether oxygens (including phenoxy) is 4. The first-order chi connectivity index (χ1) is 22.1. The molecule has 2 atom stereocenters. The molecule has 248 valence electrons. The van der Waals surface area contributed by atoms with Gasteiger partial charge >= 0.3 is 6.18 Å². The van der Waals surface area contributed by atoms with Crippen LogP contribution in [-0.2, 0) is 37.1 Å². The van der Waals surface area contributed by atoms with Crippen molar-refractivity contribution in [2.75, 3.05) is 59.3 Å². The van der Waals surface area contributed by atoms with Gasteiger partial charge in [-0.25, -0.2) is 9.19 Å². The topological polar surface area (TPSA) is 125 Å². The second-order valence-electron chi connectivity index (χ2n) is 10.3. The maximum Gasteiger partial charge on any atom is 0.422 e. The average molecular weight is 683 g/mol. The van der Waals surface area contributed by atoms with Crippen molar-refractivity contribution in [1.82, 2.24) is 19.4 Å². The van der Waals surface area contributed by atoms with Gasteiger partial charge in [0.25, 0.3) is 0 Å². The number of alkyl halides is 3. The Hall–Kier alpha value is -3.41. The Labute approximate surface area is 268 Å². The van der Waals surface area contributed by atoms with E-state index in [-0.39, 0.29) is 39.4 Å². The first-order valence-electron chi connectivity index (χ1n) is 14.4. The number of morpholine rings is 1. The fraction of sp³-hybridized carbons (Fsp3) is 0.400. The number of hydrogen-bond donors (Lipinski definition) is 1. The second-order valence-corrected chi connectivity index (χ2v) is 12.5. The first-order valence-corrected chi connectivity index (χ1v) is 16.8. The summed E-state index contributed by atoms with van der Waals surface area (Å²) < 4.78 is 98.2. The Kier molecular flexibility index (Phi) is 11.4. The van der Waals surface area contributed by atoms with Crippen molar-refractivity contribution in [3.63, 3.8) is 0 Å². The minimum Gasteiger partial charge on any atom is -0.489 e. The highest BCUT2D eigenvalue weighted by Crippen LogP contribution is 2.33. The Bertz CT molecular complexity index is 1700. The van der Waals surface area contributed by atoms with Crippen molar-refractivity contribution in [2.45, 2.75) is 28.9 Å². The van der Waals surface area contributed by atoms with Crippen LogP contribution in [0.4, 0.5) is 13.2 Å². The van der Waals surface area contributed by atoms with Crippen LogP contribution in [0.3, 0.4) is 0 Å². The molecule has 1 saturated heterocycles. The van der Waals surface area contributed by atoms with Crippen molar-refractivity contribution >= 4 is 32.9 Å². The summed E-state index contributed by atoms with van der Waals surface area (Å²) in [5.41, 5.74) is 1.61. The van der Waals surface area contributed by atoms with Crippen LogP contribution in [-0.4, -0.2) is 97.9 Å². The normalized spacial score (nSPS) is 15.6. The summed E-state index contributed by atoms with van der Waals surface area (Å²) in [4.78, 5) is 11.1. The van der Waals surface area contributed by atoms with Crippen LogP contribution in [0.25, 0.3) is 16.7 Å². The van der Waals surface area contributed by atoms with Crippen LogP contribution < -0.4 is 9.47 Å². The summed E-state index contributed by atoms with van der Waals surface area (Å²) in [5, 5.41) is 0.0357. The van der Waals surface area contributed by atoms with Gasteiger partial charge in [-0.2, -0.15) is 13.2 Å². The maximum atomic E-state index is 14.0. The number of benzene rings is 2. The van der Waals surface area contributed by atoms with Crippen LogP contribution in [0.15, 0.2) is 64.8 Å². The van der Waals surface area contributed by atoms with E-state index in [4.69, 9.17) is 18.9 Å². The molecule has 0 saturated carbocycles. The lowest BCUT2D eigenvalue weighted by Crippen LogP contribution is -2.38. The van der Waals surface area contributed by atoms with E-state index in [1.54, 1.807) is 41.0 Å². The van der Waals surface area contributed by atoms with E-state index < -0.39 is 34.7 Å². The molecule has 0 spiro atoms. The molecule has 46 heavy (non-hydrogen) atoms. The zero-order valence-electron chi connectivity index (χ0n) is 24.9. The molecule has 16 heteroatoms. The summed E-state index contributed by atoms with van der Waals surface area (Å²) in [6.07, 6.45) is -3.24. The number of pyridine rings is 1. The SMILES string of the molecule is Cc1c(OCC(F)(F)F)ccnc1CS(=O)c1nc2c(S(=O)O)cccc2n1-c1ccccc1OCCOCCN1CCOCC1. The quantitative estimate of drug-likeness (QED) is 0.152. The fourth-order valence-corrected chi connectivity index (χ4v) is 6.66. The van der Waals surface area contributed by atoms with Crippen molar-refractivity contribution in [1.29, 1.82) is 0 Å². The Morgan fingerprint density at radius 1 is 0.978 bits per heavy atom. The average Bonchev–Trinajstić information content (AvgIpc) is 3.43. The molecule has 2 aromatic heterocycles. The second kappa shape index (κ2) is 15.5. The molecule has 4 aromatic rings. The summed E-state index contributed by atoms with van der Waals surface area (Å²) in [6.45, 7) is 5.10. The van der Waals surface area contributed by atoms with E-state index in [2.05, 4.69) is 14.9 Å². The molecule has 1 aliphatic heterocycles. The molecular weight excluding hydrogens is 649 g/mol. The number of aromatic nitrogens is 3. The molecule has 2 aromatic carbocycles.